The van der Waals surface area contributed by atoms with Crippen molar-refractivity contribution in [3.8, 4) is 0 Å². The SMILES string of the molecule is Cc1ccc(NC(=S)NCCCc2ccc(C(C)C)cc2)cc1. The summed E-state index contributed by atoms with van der Waals surface area (Å²) in [6.07, 6.45) is 2.13. The van der Waals surface area contributed by atoms with Crippen molar-refractivity contribution in [2.45, 2.75) is 39.5 Å². The molecule has 0 aromatic heterocycles. The lowest BCUT2D eigenvalue weighted by atomic mass is 10.0. The van der Waals surface area contributed by atoms with Crippen LogP contribution in [0.25, 0.3) is 0 Å². The van der Waals surface area contributed by atoms with E-state index >= 15 is 0 Å². The van der Waals surface area contributed by atoms with Crippen LogP contribution in [0, 0.1) is 6.92 Å². The molecule has 0 saturated heterocycles. The molecule has 122 valence electrons. The van der Waals surface area contributed by atoms with Crippen LogP contribution in [0.4, 0.5) is 5.69 Å². The van der Waals surface area contributed by atoms with Crippen LogP contribution in [-0.4, -0.2) is 11.7 Å². The molecular formula is C20H26N2S. The smallest absolute Gasteiger partial charge is 0.170 e. The van der Waals surface area contributed by atoms with Crippen LogP contribution < -0.4 is 10.6 Å². The number of benzene rings is 2. The second-order valence-electron chi connectivity index (χ2n) is 6.25. The first-order valence-corrected chi connectivity index (χ1v) is 8.66. The molecule has 2 N–H and O–H groups in total. The quantitative estimate of drug-likeness (QED) is 0.574. The van der Waals surface area contributed by atoms with Crippen LogP contribution in [0.3, 0.4) is 0 Å². The van der Waals surface area contributed by atoms with E-state index in [1.54, 1.807) is 0 Å². The minimum Gasteiger partial charge on any atom is -0.362 e. The van der Waals surface area contributed by atoms with Crippen molar-refractivity contribution >= 4 is 23.0 Å². The molecule has 2 rings (SSSR count). The van der Waals surface area contributed by atoms with E-state index in [1.807, 2.05) is 12.1 Å². The topological polar surface area (TPSA) is 24.1 Å². The van der Waals surface area contributed by atoms with E-state index < -0.39 is 0 Å². The molecule has 23 heavy (non-hydrogen) atoms. The first kappa shape index (κ1) is 17.5. The van der Waals surface area contributed by atoms with Crippen molar-refractivity contribution < 1.29 is 0 Å². The molecule has 0 heterocycles. The van der Waals surface area contributed by atoms with Crippen LogP contribution in [0.5, 0.6) is 0 Å². The summed E-state index contributed by atoms with van der Waals surface area (Å²) < 4.78 is 0. The molecule has 0 atom stereocenters. The third-order valence-electron chi connectivity index (χ3n) is 3.88. The molecule has 2 aromatic carbocycles. The number of aryl methyl sites for hydroxylation is 2. The molecule has 3 heteroatoms. The molecular weight excluding hydrogens is 300 g/mol. The Morgan fingerprint density at radius 3 is 2.26 bits per heavy atom. The number of thiocarbonyl (C=S) groups is 1. The van der Waals surface area contributed by atoms with Gasteiger partial charge in [0.15, 0.2) is 5.11 Å². The van der Waals surface area contributed by atoms with Gasteiger partial charge in [0.1, 0.15) is 0 Å². The van der Waals surface area contributed by atoms with Crippen molar-refractivity contribution in [3.05, 3.63) is 65.2 Å². The lowest BCUT2D eigenvalue weighted by Gasteiger charge is -2.11. The predicted molar refractivity (Wildman–Crippen MR) is 104 cm³/mol. The Labute approximate surface area is 145 Å². The third-order valence-corrected chi connectivity index (χ3v) is 4.13. The Kier molecular flexibility index (Phi) is 6.60. The Morgan fingerprint density at radius 1 is 1.00 bits per heavy atom. The maximum absolute atomic E-state index is 5.32. The van der Waals surface area contributed by atoms with E-state index in [9.17, 15) is 0 Å². The lowest BCUT2D eigenvalue weighted by molar-refractivity contribution is 0.776. The number of nitrogens with one attached hydrogen (secondary N) is 2. The van der Waals surface area contributed by atoms with Gasteiger partial charge in [-0.05, 0) is 61.2 Å². The second kappa shape index (κ2) is 8.68. The summed E-state index contributed by atoms with van der Waals surface area (Å²) in [6, 6.07) is 17.2. The highest BCUT2D eigenvalue weighted by Crippen LogP contribution is 2.15. The van der Waals surface area contributed by atoms with E-state index in [0.717, 1.165) is 25.1 Å². The number of hydrogen-bond acceptors (Lipinski definition) is 1. The molecule has 0 saturated carbocycles. The fourth-order valence-electron chi connectivity index (χ4n) is 2.38. The molecule has 0 fully saturated rings. The molecule has 0 aliphatic rings. The van der Waals surface area contributed by atoms with E-state index in [4.69, 9.17) is 12.2 Å². The van der Waals surface area contributed by atoms with Crippen molar-refractivity contribution in [3.63, 3.8) is 0 Å². The molecule has 0 spiro atoms. The van der Waals surface area contributed by atoms with Crippen LogP contribution in [-0.2, 0) is 6.42 Å². The second-order valence-corrected chi connectivity index (χ2v) is 6.66. The fourth-order valence-corrected chi connectivity index (χ4v) is 2.60. The lowest BCUT2D eigenvalue weighted by Crippen LogP contribution is -2.29. The highest BCUT2D eigenvalue weighted by molar-refractivity contribution is 7.80. The van der Waals surface area contributed by atoms with Gasteiger partial charge in [0.05, 0.1) is 0 Å². The average Bonchev–Trinajstić information content (AvgIpc) is 2.54. The van der Waals surface area contributed by atoms with Crippen molar-refractivity contribution in [1.29, 1.82) is 0 Å². The highest BCUT2D eigenvalue weighted by Gasteiger charge is 2.00. The summed E-state index contributed by atoms with van der Waals surface area (Å²) >= 11 is 5.32. The molecule has 0 radical (unpaired) electrons. The molecule has 0 bridgehead atoms. The van der Waals surface area contributed by atoms with Crippen LogP contribution in [0.1, 0.15) is 42.9 Å². The van der Waals surface area contributed by atoms with Gasteiger partial charge < -0.3 is 10.6 Å². The van der Waals surface area contributed by atoms with Crippen LogP contribution in [0.15, 0.2) is 48.5 Å². The average molecular weight is 327 g/mol. The normalized spacial score (nSPS) is 10.6. The van der Waals surface area contributed by atoms with Gasteiger partial charge in [0, 0.05) is 12.2 Å². The molecule has 2 aromatic rings. The Morgan fingerprint density at radius 2 is 1.65 bits per heavy atom. The first-order chi connectivity index (χ1) is 11.0. The predicted octanol–water partition coefficient (Wildman–Crippen LogP) is 5.04. The van der Waals surface area contributed by atoms with Crippen LogP contribution >= 0.6 is 12.2 Å². The number of hydrogen-bond donors (Lipinski definition) is 2. The van der Waals surface area contributed by atoms with Gasteiger partial charge in [-0.2, -0.15) is 0 Å². The summed E-state index contributed by atoms with van der Waals surface area (Å²) in [6.45, 7) is 7.40. The zero-order chi connectivity index (χ0) is 16.7. The van der Waals surface area contributed by atoms with Gasteiger partial charge >= 0.3 is 0 Å². The van der Waals surface area contributed by atoms with Crippen molar-refractivity contribution in [1.82, 2.24) is 5.32 Å². The molecule has 2 nitrogen and oxygen atoms in total. The van der Waals surface area contributed by atoms with E-state index in [1.165, 1.54) is 16.7 Å². The van der Waals surface area contributed by atoms with Gasteiger partial charge in [-0.15, -0.1) is 0 Å². The minimum atomic E-state index is 0.593. The maximum atomic E-state index is 5.32. The fraction of sp³-hybridized carbons (Fsp3) is 0.350. The molecule has 0 amide bonds. The maximum Gasteiger partial charge on any atom is 0.170 e. The standard InChI is InChI=1S/C20H26N2S/c1-15(2)18-10-8-17(9-11-18)5-4-14-21-20(23)22-19-12-6-16(3)7-13-19/h6-13,15H,4-5,14H2,1-3H3,(H2,21,22,23). The van der Waals surface area contributed by atoms with Gasteiger partial charge in [-0.25, -0.2) is 0 Å². The van der Waals surface area contributed by atoms with Crippen LogP contribution in [0.2, 0.25) is 0 Å². The van der Waals surface area contributed by atoms with Gasteiger partial charge in [0.2, 0.25) is 0 Å². The Bertz CT molecular complexity index is 615. The summed E-state index contributed by atoms with van der Waals surface area (Å²) in [5.41, 5.74) is 5.05. The monoisotopic (exact) mass is 326 g/mol. The minimum absolute atomic E-state index is 0.593. The summed E-state index contributed by atoms with van der Waals surface area (Å²) in [7, 11) is 0. The summed E-state index contributed by atoms with van der Waals surface area (Å²) in [5.74, 6) is 0.593. The molecule has 0 aliphatic heterocycles. The largest absolute Gasteiger partial charge is 0.362 e. The van der Waals surface area contributed by atoms with E-state index in [-0.39, 0.29) is 0 Å². The van der Waals surface area contributed by atoms with Gasteiger partial charge in [-0.3, -0.25) is 0 Å². The number of rotatable bonds is 6. The molecule has 0 aliphatic carbocycles. The summed E-state index contributed by atoms with van der Waals surface area (Å²) in [5, 5.41) is 7.16. The number of anilines is 1. The first-order valence-electron chi connectivity index (χ1n) is 8.25. The van der Waals surface area contributed by atoms with E-state index in [0.29, 0.717) is 11.0 Å². The van der Waals surface area contributed by atoms with Gasteiger partial charge in [0.25, 0.3) is 0 Å². The zero-order valence-electron chi connectivity index (χ0n) is 14.2. The molecule has 0 unspecified atom stereocenters. The Hall–Kier alpha value is -1.87. The van der Waals surface area contributed by atoms with Crippen molar-refractivity contribution in [2.75, 3.05) is 11.9 Å². The van der Waals surface area contributed by atoms with Crippen molar-refractivity contribution in [2.24, 2.45) is 0 Å². The van der Waals surface area contributed by atoms with E-state index in [2.05, 4.69) is 67.8 Å². The zero-order valence-corrected chi connectivity index (χ0v) is 15.0. The highest BCUT2D eigenvalue weighted by atomic mass is 32.1. The van der Waals surface area contributed by atoms with Gasteiger partial charge in [-0.1, -0.05) is 55.8 Å². The summed E-state index contributed by atoms with van der Waals surface area (Å²) in [4.78, 5) is 0. The third kappa shape index (κ3) is 6.03. The Balaban J connectivity index is 1.68.